The summed E-state index contributed by atoms with van der Waals surface area (Å²) in [6.07, 6.45) is 6.70. The van der Waals surface area contributed by atoms with E-state index >= 15 is 0 Å². The van der Waals surface area contributed by atoms with Crippen LogP contribution >= 0.6 is 0 Å². The summed E-state index contributed by atoms with van der Waals surface area (Å²) in [5, 5.41) is 3.06. The molecule has 1 aliphatic carbocycles. The van der Waals surface area contributed by atoms with Crippen molar-refractivity contribution in [1.82, 2.24) is 5.32 Å². The third-order valence-electron chi connectivity index (χ3n) is 6.19. The van der Waals surface area contributed by atoms with Gasteiger partial charge in [-0.05, 0) is 92.8 Å². The first-order chi connectivity index (χ1) is 14.6. The largest absolute Gasteiger partial charge is 0.350 e. The molecule has 31 heavy (non-hydrogen) atoms. The Morgan fingerprint density at radius 1 is 1.03 bits per heavy atom. The van der Waals surface area contributed by atoms with E-state index < -0.39 is 10.0 Å². The Labute approximate surface area is 186 Å². The number of fused-ring (bicyclic) bond motifs is 1. The zero-order valence-electron chi connectivity index (χ0n) is 19.1. The predicted molar refractivity (Wildman–Crippen MR) is 127 cm³/mol. The number of amides is 1. The van der Waals surface area contributed by atoms with Gasteiger partial charge in [0.1, 0.15) is 0 Å². The van der Waals surface area contributed by atoms with Crippen molar-refractivity contribution in [3.63, 3.8) is 0 Å². The first-order valence-electron chi connectivity index (χ1n) is 11.1. The zero-order valence-corrected chi connectivity index (χ0v) is 19.9. The molecule has 2 aromatic carbocycles. The summed E-state index contributed by atoms with van der Waals surface area (Å²) in [6.45, 7) is 6.25. The lowest BCUT2D eigenvalue weighted by Crippen LogP contribution is -2.32. The summed E-state index contributed by atoms with van der Waals surface area (Å²) in [5.41, 5.74) is 6.77. The number of nitrogens with one attached hydrogen (secondary N) is 1. The fourth-order valence-corrected chi connectivity index (χ4v) is 5.13. The summed E-state index contributed by atoms with van der Waals surface area (Å²) in [4.78, 5) is 12.5. The van der Waals surface area contributed by atoms with Gasteiger partial charge in [-0.25, -0.2) is 8.42 Å². The lowest BCUT2D eigenvalue weighted by molar-refractivity contribution is -0.121. The van der Waals surface area contributed by atoms with Crippen LogP contribution in [0.15, 0.2) is 36.4 Å². The predicted octanol–water partition coefficient (Wildman–Crippen LogP) is 4.61. The van der Waals surface area contributed by atoms with Crippen molar-refractivity contribution in [2.24, 2.45) is 0 Å². The van der Waals surface area contributed by atoms with E-state index in [1.807, 2.05) is 39.0 Å². The molecule has 6 heteroatoms. The molecule has 0 spiro atoms. The summed E-state index contributed by atoms with van der Waals surface area (Å²) < 4.78 is 26.0. The molecule has 3 rings (SSSR count). The van der Waals surface area contributed by atoms with E-state index in [9.17, 15) is 13.2 Å². The number of carbonyl (C=O) groups is 1. The molecule has 0 bridgehead atoms. The lowest BCUT2D eigenvalue weighted by atomic mass is 9.89. The van der Waals surface area contributed by atoms with E-state index in [4.69, 9.17) is 0 Å². The second-order valence-corrected chi connectivity index (χ2v) is 10.6. The van der Waals surface area contributed by atoms with Gasteiger partial charge in [0.2, 0.25) is 15.9 Å². The van der Waals surface area contributed by atoms with Crippen LogP contribution in [0.5, 0.6) is 0 Å². The molecule has 0 heterocycles. The number of nitrogens with zero attached hydrogens (tertiary/aromatic N) is 1. The number of carbonyl (C=O) groups excluding carboxylic acids is 1. The summed E-state index contributed by atoms with van der Waals surface area (Å²) >= 11 is 0. The molecule has 0 fully saturated rings. The van der Waals surface area contributed by atoms with Crippen LogP contribution in [0.3, 0.4) is 0 Å². The quantitative estimate of drug-likeness (QED) is 0.649. The van der Waals surface area contributed by atoms with Crippen LogP contribution in [0.4, 0.5) is 5.69 Å². The molecule has 5 nitrogen and oxygen atoms in total. The van der Waals surface area contributed by atoms with Gasteiger partial charge in [-0.1, -0.05) is 24.3 Å². The van der Waals surface area contributed by atoms with Crippen LogP contribution in [0.25, 0.3) is 0 Å². The maximum atomic E-state index is 12.5. The SMILES string of the molecule is Cc1ccc(N(CCCC(=O)N[C@@H](C)c2ccc3c(c2)CCCC3)S(C)(=O)=O)cc1C. The van der Waals surface area contributed by atoms with Crippen molar-refractivity contribution in [1.29, 1.82) is 0 Å². The van der Waals surface area contributed by atoms with Crippen molar-refractivity contribution >= 4 is 21.6 Å². The molecule has 1 atom stereocenters. The number of sulfonamides is 1. The molecular weight excluding hydrogens is 408 g/mol. The van der Waals surface area contributed by atoms with E-state index in [1.54, 1.807) is 0 Å². The van der Waals surface area contributed by atoms with Crippen molar-refractivity contribution in [3.05, 3.63) is 64.2 Å². The van der Waals surface area contributed by atoms with Crippen LogP contribution < -0.4 is 9.62 Å². The fourth-order valence-electron chi connectivity index (χ4n) is 4.17. The summed E-state index contributed by atoms with van der Waals surface area (Å²) in [7, 11) is -3.42. The Morgan fingerprint density at radius 3 is 2.42 bits per heavy atom. The first kappa shape index (κ1) is 23.3. The Morgan fingerprint density at radius 2 is 1.74 bits per heavy atom. The summed E-state index contributed by atoms with van der Waals surface area (Å²) in [5.74, 6) is -0.0567. The Kier molecular flexibility index (Phi) is 7.42. The van der Waals surface area contributed by atoms with Crippen molar-refractivity contribution in [2.75, 3.05) is 17.1 Å². The highest BCUT2D eigenvalue weighted by Crippen LogP contribution is 2.25. The van der Waals surface area contributed by atoms with E-state index in [0.29, 0.717) is 12.1 Å². The highest BCUT2D eigenvalue weighted by atomic mass is 32.2. The molecular formula is C25H34N2O3S. The van der Waals surface area contributed by atoms with Gasteiger partial charge >= 0.3 is 0 Å². The van der Waals surface area contributed by atoms with Gasteiger partial charge < -0.3 is 5.32 Å². The molecule has 0 aliphatic heterocycles. The van der Waals surface area contributed by atoms with E-state index in [0.717, 1.165) is 29.5 Å². The minimum atomic E-state index is -3.42. The summed E-state index contributed by atoms with van der Waals surface area (Å²) in [6, 6.07) is 12.1. The lowest BCUT2D eigenvalue weighted by Gasteiger charge is -2.23. The van der Waals surface area contributed by atoms with Crippen molar-refractivity contribution in [3.8, 4) is 0 Å². The number of aryl methyl sites for hydroxylation is 4. The minimum absolute atomic E-state index is 0.0567. The molecule has 1 aliphatic rings. The topological polar surface area (TPSA) is 66.5 Å². The van der Waals surface area contributed by atoms with Gasteiger partial charge in [0, 0.05) is 13.0 Å². The molecule has 0 saturated carbocycles. The monoisotopic (exact) mass is 442 g/mol. The Bertz CT molecular complexity index is 1050. The van der Waals surface area contributed by atoms with Gasteiger partial charge in [-0.15, -0.1) is 0 Å². The van der Waals surface area contributed by atoms with Crippen LogP contribution in [-0.2, 0) is 27.7 Å². The van der Waals surface area contributed by atoms with E-state index in [-0.39, 0.29) is 24.9 Å². The van der Waals surface area contributed by atoms with Gasteiger partial charge in [0.15, 0.2) is 0 Å². The number of anilines is 1. The van der Waals surface area contributed by atoms with Gasteiger partial charge in [0.25, 0.3) is 0 Å². The molecule has 2 aromatic rings. The standard InChI is InChI=1S/C25H34N2O3S/c1-18-11-14-24(16-19(18)2)27(31(4,29)30)15-7-10-25(28)26-20(3)22-13-12-21-8-5-6-9-23(21)17-22/h11-14,16-17,20H,5-10,15H2,1-4H3,(H,26,28)/t20-/m0/s1. The smallest absolute Gasteiger partial charge is 0.232 e. The number of hydrogen-bond acceptors (Lipinski definition) is 3. The van der Waals surface area contributed by atoms with Gasteiger partial charge in [-0.3, -0.25) is 9.10 Å². The average molecular weight is 443 g/mol. The zero-order chi connectivity index (χ0) is 22.6. The van der Waals surface area contributed by atoms with E-state index in [2.05, 4.69) is 23.5 Å². The van der Waals surface area contributed by atoms with Crippen LogP contribution in [0, 0.1) is 13.8 Å². The molecule has 0 unspecified atom stereocenters. The molecule has 168 valence electrons. The fraction of sp³-hybridized carbons (Fsp3) is 0.480. The normalized spacial score (nSPS) is 14.6. The maximum Gasteiger partial charge on any atom is 0.232 e. The van der Waals surface area contributed by atoms with Crippen molar-refractivity contribution < 1.29 is 13.2 Å². The second-order valence-electron chi connectivity index (χ2n) is 8.73. The maximum absolute atomic E-state index is 12.5. The average Bonchev–Trinajstić information content (AvgIpc) is 2.72. The van der Waals surface area contributed by atoms with Crippen molar-refractivity contribution in [2.45, 2.75) is 65.3 Å². The first-order valence-corrected chi connectivity index (χ1v) is 13.0. The highest BCUT2D eigenvalue weighted by molar-refractivity contribution is 7.92. The second kappa shape index (κ2) is 9.86. The molecule has 0 radical (unpaired) electrons. The molecule has 0 aromatic heterocycles. The van der Waals surface area contributed by atoms with Crippen LogP contribution in [0.2, 0.25) is 0 Å². The highest BCUT2D eigenvalue weighted by Gasteiger charge is 2.19. The van der Waals surface area contributed by atoms with E-state index in [1.165, 1.54) is 34.5 Å². The molecule has 1 N–H and O–H groups in total. The number of hydrogen-bond donors (Lipinski definition) is 1. The Balaban J connectivity index is 1.57. The number of rotatable bonds is 8. The number of benzene rings is 2. The van der Waals surface area contributed by atoms with Gasteiger partial charge in [-0.2, -0.15) is 0 Å². The molecule has 0 saturated heterocycles. The third kappa shape index (κ3) is 6.10. The van der Waals surface area contributed by atoms with Gasteiger partial charge in [0.05, 0.1) is 18.0 Å². The van der Waals surface area contributed by atoms with Crippen LogP contribution in [-0.4, -0.2) is 27.1 Å². The Hall–Kier alpha value is -2.34. The molecule has 1 amide bonds. The van der Waals surface area contributed by atoms with Crippen LogP contribution in [0.1, 0.15) is 66.5 Å². The third-order valence-corrected chi connectivity index (χ3v) is 7.39. The minimum Gasteiger partial charge on any atom is -0.350 e.